The van der Waals surface area contributed by atoms with Crippen LogP contribution in [0.25, 0.3) is 0 Å². The van der Waals surface area contributed by atoms with Crippen molar-refractivity contribution in [2.24, 2.45) is 46.3 Å². The van der Waals surface area contributed by atoms with E-state index in [1.165, 1.54) is 64.2 Å². The second kappa shape index (κ2) is 12.1. The van der Waals surface area contributed by atoms with Crippen molar-refractivity contribution < 1.29 is 28.5 Å². The Balaban J connectivity index is 0.839. The molecule has 6 fully saturated rings. The molecule has 8 rings (SSSR count). The fourth-order valence-electron chi connectivity index (χ4n) is 10.1. The van der Waals surface area contributed by atoms with Gasteiger partial charge < -0.3 is 18.9 Å². The van der Waals surface area contributed by atoms with Gasteiger partial charge in [0, 0.05) is 0 Å². The Hall–Kier alpha value is -3.02. The summed E-state index contributed by atoms with van der Waals surface area (Å²) in [5.41, 5.74) is -0.687. The van der Waals surface area contributed by atoms with Crippen molar-refractivity contribution in [3.05, 3.63) is 48.5 Å². The number of ether oxygens (including phenoxy) is 4. The van der Waals surface area contributed by atoms with Gasteiger partial charge in [-0.15, -0.1) is 0 Å². The number of unbranched alkanes of at least 4 members (excludes halogenated alkanes) is 10. The van der Waals surface area contributed by atoms with Crippen LogP contribution in [0.2, 0.25) is 0 Å². The zero-order chi connectivity index (χ0) is 30.3. The van der Waals surface area contributed by atoms with E-state index in [4.69, 9.17) is 18.9 Å². The summed E-state index contributed by atoms with van der Waals surface area (Å²) >= 11 is 0. The minimum absolute atomic E-state index is 0.0970. The molecule has 44 heavy (non-hydrogen) atoms. The third kappa shape index (κ3) is 4.25. The minimum Gasteiger partial charge on any atom is -0.494 e. The molecule has 6 aliphatic carbocycles. The average molecular weight is 601 g/mol. The first-order valence-electron chi connectivity index (χ1n) is 17.5. The summed E-state index contributed by atoms with van der Waals surface area (Å²) < 4.78 is 23.5. The Kier molecular flexibility index (Phi) is 8.13. The maximum Gasteiger partial charge on any atom is 0.318 e. The number of hydrogen-bond donors (Lipinski definition) is 0. The highest BCUT2D eigenvalue weighted by atomic mass is 16.5. The molecule has 0 bridgehead atoms. The standard InChI is InChI=1S/C38H48O6/c1-3-5-7-9-11-13-23-41-25-15-19-27(20-16-25)43-35(39)37-29-32-30(37)34-31(37)33(29)38(32,34)36(40)44-28-21-17-26(18-22-28)42-24-14-12-10-8-6-4-2/h15-22,29-34H,3-14,23-24H2,1-2H3. The minimum atomic E-state index is -0.343. The summed E-state index contributed by atoms with van der Waals surface area (Å²) in [4.78, 5) is 26.7. The van der Waals surface area contributed by atoms with Gasteiger partial charge >= 0.3 is 11.9 Å². The van der Waals surface area contributed by atoms with Crippen molar-refractivity contribution in [3.63, 3.8) is 0 Å². The Labute approximate surface area is 262 Å². The smallest absolute Gasteiger partial charge is 0.318 e. The zero-order valence-electron chi connectivity index (χ0n) is 26.4. The second-order valence-electron chi connectivity index (χ2n) is 14.0. The van der Waals surface area contributed by atoms with Gasteiger partial charge in [0.1, 0.15) is 23.0 Å². The van der Waals surface area contributed by atoms with Gasteiger partial charge in [-0.1, -0.05) is 78.1 Å². The van der Waals surface area contributed by atoms with Crippen LogP contribution in [0.5, 0.6) is 23.0 Å². The Morgan fingerprint density at radius 3 is 1.11 bits per heavy atom. The summed E-state index contributed by atoms with van der Waals surface area (Å²) in [5, 5.41) is 0. The van der Waals surface area contributed by atoms with E-state index in [0.29, 0.717) is 60.2 Å². The summed E-state index contributed by atoms with van der Waals surface area (Å²) in [5.74, 6) is 4.33. The van der Waals surface area contributed by atoms with Gasteiger partial charge in [0.25, 0.3) is 0 Å². The van der Waals surface area contributed by atoms with Crippen molar-refractivity contribution >= 4 is 11.9 Å². The molecule has 0 N–H and O–H groups in total. The molecule has 0 spiro atoms. The lowest BCUT2D eigenvalue weighted by Crippen LogP contribution is -3.12. The number of hydrogen-bond acceptors (Lipinski definition) is 6. The van der Waals surface area contributed by atoms with Crippen LogP contribution in [0.1, 0.15) is 90.9 Å². The lowest BCUT2D eigenvalue weighted by atomic mass is 8.92. The molecular weight excluding hydrogens is 552 g/mol. The Morgan fingerprint density at radius 2 is 0.773 bits per heavy atom. The predicted molar refractivity (Wildman–Crippen MR) is 168 cm³/mol. The van der Waals surface area contributed by atoms with Gasteiger partial charge in [-0.3, -0.25) is 9.59 Å². The van der Waals surface area contributed by atoms with E-state index in [0.717, 1.165) is 24.3 Å². The first-order chi connectivity index (χ1) is 21.6. The van der Waals surface area contributed by atoms with Crippen LogP contribution in [0, 0.1) is 46.3 Å². The molecule has 6 nitrogen and oxygen atoms in total. The van der Waals surface area contributed by atoms with E-state index in [1.54, 1.807) is 0 Å². The van der Waals surface area contributed by atoms with Crippen LogP contribution in [0.4, 0.5) is 0 Å². The van der Waals surface area contributed by atoms with Gasteiger partial charge in [0.2, 0.25) is 0 Å². The van der Waals surface area contributed by atoms with Crippen LogP contribution >= 0.6 is 0 Å². The van der Waals surface area contributed by atoms with E-state index in [2.05, 4.69) is 13.8 Å². The topological polar surface area (TPSA) is 71.1 Å². The molecule has 0 radical (unpaired) electrons. The van der Waals surface area contributed by atoms with Crippen molar-refractivity contribution in [2.75, 3.05) is 13.2 Å². The molecule has 0 heterocycles. The molecular formula is C38H48O6. The zero-order valence-corrected chi connectivity index (χ0v) is 26.4. The van der Waals surface area contributed by atoms with Crippen LogP contribution in [0.3, 0.4) is 0 Å². The molecule has 2 aromatic rings. The van der Waals surface area contributed by atoms with Crippen molar-refractivity contribution in [1.29, 1.82) is 0 Å². The molecule has 6 saturated carbocycles. The Morgan fingerprint density at radius 1 is 0.477 bits per heavy atom. The summed E-state index contributed by atoms with van der Waals surface area (Å²) in [6.07, 6.45) is 14.8. The van der Waals surface area contributed by atoms with Crippen molar-refractivity contribution in [1.82, 2.24) is 0 Å². The van der Waals surface area contributed by atoms with Crippen molar-refractivity contribution in [3.8, 4) is 23.0 Å². The largest absolute Gasteiger partial charge is 0.494 e. The van der Waals surface area contributed by atoms with E-state index < -0.39 is 0 Å². The van der Waals surface area contributed by atoms with Gasteiger partial charge in [0.15, 0.2) is 0 Å². The maximum absolute atomic E-state index is 13.4. The van der Waals surface area contributed by atoms with E-state index in [9.17, 15) is 9.59 Å². The van der Waals surface area contributed by atoms with E-state index in [1.807, 2.05) is 48.5 Å². The average Bonchev–Trinajstić information content (AvgIpc) is 3.05. The van der Waals surface area contributed by atoms with Gasteiger partial charge in [-0.2, -0.15) is 0 Å². The van der Waals surface area contributed by atoms with Gasteiger partial charge in [0.05, 0.1) is 24.0 Å². The molecule has 0 amide bonds. The lowest BCUT2D eigenvalue weighted by molar-refractivity contribution is -0.627. The SMILES string of the molecule is CCCCCCCCOc1ccc(OC(=O)C23C4C5C2C2C3C4C52C(=O)Oc2ccc(OCCCCCCCC)cc2)cc1. The van der Waals surface area contributed by atoms with Crippen LogP contribution < -0.4 is 18.9 Å². The summed E-state index contributed by atoms with van der Waals surface area (Å²) in [6.45, 7) is 5.89. The first kappa shape index (κ1) is 29.7. The molecule has 0 unspecified atom stereocenters. The monoisotopic (exact) mass is 600 g/mol. The second-order valence-corrected chi connectivity index (χ2v) is 14.0. The quantitative estimate of drug-likeness (QED) is 0.0863. The number of benzene rings is 2. The van der Waals surface area contributed by atoms with Crippen molar-refractivity contribution in [2.45, 2.75) is 90.9 Å². The van der Waals surface area contributed by atoms with Crippen LogP contribution in [0.15, 0.2) is 48.5 Å². The molecule has 6 heteroatoms. The lowest BCUT2D eigenvalue weighted by Gasteiger charge is -3.08. The molecule has 236 valence electrons. The van der Waals surface area contributed by atoms with Crippen LogP contribution in [-0.4, -0.2) is 25.2 Å². The highest BCUT2D eigenvalue weighted by Gasteiger charge is 3.13. The molecule has 6 aliphatic rings. The molecule has 0 atom stereocenters. The fourth-order valence-corrected chi connectivity index (χ4v) is 10.1. The fraction of sp³-hybridized carbons (Fsp3) is 0.632. The van der Waals surface area contributed by atoms with Gasteiger partial charge in [-0.25, -0.2) is 0 Å². The summed E-state index contributed by atoms with van der Waals surface area (Å²) in [6, 6.07) is 14.9. The number of esters is 2. The molecule has 2 aromatic carbocycles. The third-order valence-corrected chi connectivity index (χ3v) is 11.9. The Bertz CT molecular complexity index is 1170. The predicted octanol–water partition coefficient (Wildman–Crippen LogP) is 8.41. The molecule has 0 aliphatic heterocycles. The first-order valence-corrected chi connectivity index (χ1v) is 17.5. The molecule has 0 aromatic heterocycles. The van der Waals surface area contributed by atoms with E-state index in [-0.39, 0.29) is 22.8 Å². The maximum atomic E-state index is 13.4. The van der Waals surface area contributed by atoms with Crippen LogP contribution in [-0.2, 0) is 9.59 Å². The van der Waals surface area contributed by atoms with E-state index >= 15 is 0 Å². The van der Waals surface area contributed by atoms with Gasteiger partial charge in [-0.05, 0) is 96.9 Å². The number of rotatable bonds is 20. The molecule has 0 saturated heterocycles. The number of carbonyl (C=O) groups excluding carboxylic acids is 2. The number of carbonyl (C=O) groups is 2. The highest BCUT2D eigenvalue weighted by molar-refractivity contribution is 5.98. The highest BCUT2D eigenvalue weighted by Crippen LogP contribution is 3.10. The normalized spacial score (nSPS) is 32.1. The summed E-state index contributed by atoms with van der Waals surface area (Å²) in [7, 11) is 0. The third-order valence-electron chi connectivity index (χ3n) is 11.9.